The fourth-order valence-corrected chi connectivity index (χ4v) is 1.96. The predicted octanol–water partition coefficient (Wildman–Crippen LogP) is -0.113. The van der Waals surface area contributed by atoms with Gasteiger partial charge in [0.15, 0.2) is 11.5 Å². The predicted molar refractivity (Wildman–Crippen MR) is 61.4 cm³/mol. The number of benzene rings is 1. The molecule has 1 aromatic rings. The Kier molecular flexibility index (Phi) is 3.89. The van der Waals surface area contributed by atoms with E-state index >= 15 is 0 Å². The third-order valence-corrected chi connectivity index (χ3v) is 2.87. The van der Waals surface area contributed by atoms with Gasteiger partial charge in [0.1, 0.15) is 0 Å². The summed E-state index contributed by atoms with van der Waals surface area (Å²) >= 11 is 0. The maximum absolute atomic E-state index is 11.5. The van der Waals surface area contributed by atoms with Crippen molar-refractivity contribution < 1.29 is 28.9 Å². The van der Waals surface area contributed by atoms with E-state index in [1.165, 1.54) is 7.11 Å². The van der Waals surface area contributed by atoms with Crippen molar-refractivity contribution in [2.24, 2.45) is 5.92 Å². The molecule has 0 bridgehead atoms. The van der Waals surface area contributed by atoms with Crippen LogP contribution in [0.5, 0.6) is 11.5 Å². The van der Waals surface area contributed by atoms with Crippen LogP contribution in [-0.2, 0) is 20.7 Å². The van der Waals surface area contributed by atoms with Gasteiger partial charge in [0.25, 0.3) is 0 Å². The molecule has 1 aromatic carbocycles. The van der Waals surface area contributed by atoms with Gasteiger partial charge in [-0.05, 0) is 24.1 Å². The molecule has 19 heavy (non-hydrogen) atoms. The van der Waals surface area contributed by atoms with Gasteiger partial charge >= 0.3 is 5.97 Å². The first-order valence-corrected chi connectivity index (χ1v) is 5.76. The van der Waals surface area contributed by atoms with Crippen molar-refractivity contribution in [2.45, 2.75) is 12.8 Å². The summed E-state index contributed by atoms with van der Waals surface area (Å²) in [6, 6.07) is 5.22. The van der Waals surface area contributed by atoms with Crippen molar-refractivity contribution >= 4 is 11.9 Å². The average Bonchev–Trinajstić information content (AvgIpc) is 2.84. The summed E-state index contributed by atoms with van der Waals surface area (Å²) in [5, 5.41) is 10.6. The van der Waals surface area contributed by atoms with Crippen molar-refractivity contribution in [3.63, 3.8) is 0 Å². The standard InChI is InChI=1S/C13H14O6/c1-17-13(16)9(6-12(14)15)4-8-2-3-10-11(5-8)19-7-18-10/h2-3,5,9H,4,6-7H2,1H3,(H,14,15)/p-1. The summed E-state index contributed by atoms with van der Waals surface area (Å²) in [6.45, 7) is 0.165. The number of carbonyl (C=O) groups excluding carboxylic acids is 2. The summed E-state index contributed by atoms with van der Waals surface area (Å²) in [7, 11) is 1.23. The van der Waals surface area contributed by atoms with Gasteiger partial charge in [0.2, 0.25) is 6.79 Å². The molecule has 6 nitrogen and oxygen atoms in total. The Morgan fingerprint density at radius 1 is 1.37 bits per heavy atom. The van der Waals surface area contributed by atoms with Gasteiger partial charge in [0, 0.05) is 12.4 Å². The lowest BCUT2D eigenvalue weighted by molar-refractivity contribution is -0.306. The Bertz CT molecular complexity index is 496. The van der Waals surface area contributed by atoms with E-state index in [0.717, 1.165) is 5.56 Å². The zero-order valence-electron chi connectivity index (χ0n) is 10.4. The van der Waals surface area contributed by atoms with Gasteiger partial charge in [-0.15, -0.1) is 0 Å². The molecule has 1 heterocycles. The highest BCUT2D eigenvalue weighted by molar-refractivity contribution is 5.78. The van der Waals surface area contributed by atoms with Gasteiger partial charge in [-0.1, -0.05) is 6.07 Å². The maximum Gasteiger partial charge on any atom is 0.309 e. The molecule has 2 rings (SSSR count). The van der Waals surface area contributed by atoms with Crippen molar-refractivity contribution in [1.29, 1.82) is 0 Å². The number of rotatable bonds is 5. The monoisotopic (exact) mass is 265 g/mol. The topological polar surface area (TPSA) is 84.9 Å². The molecule has 1 aliphatic heterocycles. The van der Waals surface area contributed by atoms with Crippen molar-refractivity contribution in [3.05, 3.63) is 23.8 Å². The summed E-state index contributed by atoms with van der Waals surface area (Å²) in [5.74, 6) is -1.39. The number of carbonyl (C=O) groups is 2. The number of methoxy groups -OCH3 is 1. The zero-order valence-corrected chi connectivity index (χ0v) is 10.4. The first-order valence-electron chi connectivity index (χ1n) is 5.76. The maximum atomic E-state index is 11.5. The quantitative estimate of drug-likeness (QED) is 0.690. The smallest absolute Gasteiger partial charge is 0.309 e. The van der Waals surface area contributed by atoms with Gasteiger partial charge in [-0.25, -0.2) is 0 Å². The Morgan fingerprint density at radius 2 is 2.11 bits per heavy atom. The fraction of sp³-hybridized carbons (Fsp3) is 0.385. The van der Waals surface area contributed by atoms with Crippen LogP contribution in [0.15, 0.2) is 18.2 Å². The Labute approximate surface area is 109 Å². The van der Waals surface area contributed by atoms with E-state index in [9.17, 15) is 14.7 Å². The average molecular weight is 265 g/mol. The van der Waals surface area contributed by atoms with Crippen LogP contribution in [0.2, 0.25) is 0 Å². The second-order valence-corrected chi connectivity index (χ2v) is 4.19. The molecule has 1 unspecified atom stereocenters. The Morgan fingerprint density at radius 3 is 2.79 bits per heavy atom. The SMILES string of the molecule is COC(=O)C(CC(=O)[O-])Cc1ccc2c(c1)OCO2. The van der Waals surface area contributed by atoms with Crippen molar-refractivity contribution in [3.8, 4) is 11.5 Å². The highest BCUT2D eigenvalue weighted by Crippen LogP contribution is 2.33. The number of ether oxygens (including phenoxy) is 3. The minimum Gasteiger partial charge on any atom is -0.550 e. The second-order valence-electron chi connectivity index (χ2n) is 4.19. The van der Waals surface area contributed by atoms with Crippen LogP contribution in [-0.4, -0.2) is 25.8 Å². The van der Waals surface area contributed by atoms with Crippen LogP contribution in [0.3, 0.4) is 0 Å². The van der Waals surface area contributed by atoms with Crippen LogP contribution in [0.1, 0.15) is 12.0 Å². The van der Waals surface area contributed by atoms with Crippen LogP contribution in [0.25, 0.3) is 0 Å². The van der Waals surface area contributed by atoms with E-state index in [1.807, 2.05) is 0 Å². The van der Waals surface area contributed by atoms with Crippen LogP contribution < -0.4 is 14.6 Å². The van der Waals surface area contributed by atoms with Crippen molar-refractivity contribution in [1.82, 2.24) is 0 Å². The van der Waals surface area contributed by atoms with E-state index in [4.69, 9.17) is 9.47 Å². The molecule has 0 fully saturated rings. The molecular formula is C13H13O6-. The summed E-state index contributed by atoms with van der Waals surface area (Å²) in [4.78, 5) is 22.2. The van der Waals surface area contributed by atoms with Gasteiger partial charge in [-0.3, -0.25) is 4.79 Å². The highest BCUT2D eigenvalue weighted by atomic mass is 16.7. The van der Waals surface area contributed by atoms with E-state index in [-0.39, 0.29) is 19.6 Å². The lowest BCUT2D eigenvalue weighted by Crippen LogP contribution is -2.30. The molecule has 0 saturated heterocycles. The molecule has 0 spiro atoms. The Balaban J connectivity index is 2.12. The van der Waals surface area contributed by atoms with Crippen LogP contribution in [0, 0.1) is 5.92 Å². The first kappa shape index (κ1) is 13.2. The third-order valence-electron chi connectivity index (χ3n) is 2.87. The molecular weight excluding hydrogens is 252 g/mol. The molecule has 0 saturated carbocycles. The molecule has 6 heteroatoms. The lowest BCUT2D eigenvalue weighted by atomic mass is 9.96. The van der Waals surface area contributed by atoms with Crippen LogP contribution >= 0.6 is 0 Å². The fourth-order valence-electron chi connectivity index (χ4n) is 1.96. The zero-order chi connectivity index (χ0) is 13.8. The summed E-state index contributed by atoms with van der Waals surface area (Å²) < 4.78 is 15.0. The number of hydrogen-bond donors (Lipinski definition) is 0. The highest BCUT2D eigenvalue weighted by Gasteiger charge is 2.21. The van der Waals surface area contributed by atoms with E-state index in [2.05, 4.69) is 4.74 Å². The van der Waals surface area contributed by atoms with Crippen LogP contribution in [0.4, 0.5) is 0 Å². The number of aliphatic carboxylic acids is 1. The second kappa shape index (κ2) is 5.60. The molecule has 0 N–H and O–H groups in total. The minimum atomic E-state index is -1.28. The van der Waals surface area contributed by atoms with Gasteiger partial charge in [0.05, 0.1) is 13.0 Å². The number of esters is 1. The number of hydrogen-bond acceptors (Lipinski definition) is 6. The van der Waals surface area contributed by atoms with Gasteiger partial charge in [-0.2, -0.15) is 0 Å². The summed E-state index contributed by atoms with van der Waals surface area (Å²) in [6.07, 6.45) is -0.127. The third kappa shape index (κ3) is 3.15. The molecule has 0 amide bonds. The number of carboxylic acids is 1. The molecule has 1 atom stereocenters. The van der Waals surface area contributed by atoms with Crippen molar-refractivity contribution in [2.75, 3.05) is 13.9 Å². The van der Waals surface area contributed by atoms with E-state index < -0.39 is 17.9 Å². The molecule has 102 valence electrons. The lowest BCUT2D eigenvalue weighted by Gasteiger charge is -2.15. The summed E-state index contributed by atoms with van der Waals surface area (Å²) in [5.41, 5.74) is 0.779. The van der Waals surface area contributed by atoms with Gasteiger partial charge < -0.3 is 24.1 Å². The van der Waals surface area contributed by atoms with E-state index in [1.54, 1.807) is 18.2 Å². The number of fused-ring (bicyclic) bond motifs is 1. The number of carboxylic acid groups (broad SMARTS) is 1. The normalized spacial score (nSPS) is 13.9. The molecule has 0 aliphatic carbocycles. The largest absolute Gasteiger partial charge is 0.550 e. The molecule has 0 radical (unpaired) electrons. The van der Waals surface area contributed by atoms with E-state index in [0.29, 0.717) is 11.5 Å². The first-order chi connectivity index (χ1) is 9.10. The Hall–Kier alpha value is -2.24. The molecule has 1 aliphatic rings. The molecule has 0 aromatic heterocycles. The minimum absolute atomic E-state index is 0.165.